The van der Waals surface area contributed by atoms with Crippen LogP contribution in [-0.2, 0) is 11.2 Å². The van der Waals surface area contributed by atoms with Crippen LogP contribution in [-0.4, -0.2) is 15.4 Å². The van der Waals surface area contributed by atoms with E-state index >= 15 is 0 Å². The lowest BCUT2D eigenvalue weighted by Gasteiger charge is -2.05. The number of imidazole rings is 1. The highest BCUT2D eigenvalue weighted by Crippen LogP contribution is 2.26. The molecule has 0 bridgehead atoms. The molecule has 0 spiro atoms. The van der Waals surface area contributed by atoms with Gasteiger partial charge in [0, 0.05) is 29.3 Å². The predicted molar refractivity (Wildman–Crippen MR) is 144 cm³/mol. The van der Waals surface area contributed by atoms with Gasteiger partial charge in [-0.3, -0.25) is 9.20 Å². The molecule has 0 radical (unpaired) electrons. The van der Waals surface area contributed by atoms with Gasteiger partial charge in [0.25, 0.3) is 0 Å². The lowest BCUT2D eigenvalue weighted by molar-refractivity contribution is -0.134. The molecule has 0 saturated carbocycles. The number of esters is 1. The summed E-state index contributed by atoms with van der Waals surface area (Å²) < 4.78 is 7.65. The van der Waals surface area contributed by atoms with Crippen LogP contribution in [0.25, 0.3) is 16.2 Å². The third-order valence-electron chi connectivity index (χ3n) is 6.35. The van der Waals surface area contributed by atoms with Crippen molar-refractivity contribution in [1.29, 1.82) is 0 Å². The highest BCUT2D eigenvalue weighted by atomic mass is 32.1. The Balaban J connectivity index is 1.41. The van der Waals surface area contributed by atoms with E-state index in [2.05, 4.69) is 30.6 Å². The van der Waals surface area contributed by atoms with Crippen molar-refractivity contribution in [2.75, 3.05) is 0 Å². The van der Waals surface area contributed by atoms with Crippen molar-refractivity contribution in [2.45, 2.75) is 110 Å². The first-order valence-electron chi connectivity index (χ1n) is 13.5. The molecule has 3 aromatic rings. The number of carbonyl (C=O) groups is 1. The first-order chi connectivity index (χ1) is 16.7. The topological polar surface area (TPSA) is 43.6 Å². The number of nitrogens with zero attached hydrogens (tertiary/aromatic N) is 2. The van der Waals surface area contributed by atoms with E-state index < -0.39 is 0 Å². The van der Waals surface area contributed by atoms with Crippen LogP contribution in [0.4, 0.5) is 0 Å². The van der Waals surface area contributed by atoms with Crippen molar-refractivity contribution < 1.29 is 9.53 Å². The Labute approximate surface area is 209 Å². The molecule has 0 aliphatic rings. The minimum absolute atomic E-state index is 0.140. The lowest BCUT2D eigenvalue weighted by Crippen LogP contribution is -2.07. The van der Waals surface area contributed by atoms with Gasteiger partial charge >= 0.3 is 5.97 Å². The fourth-order valence-corrected chi connectivity index (χ4v) is 5.28. The van der Waals surface area contributed by atoms with Crippen LogP contribution in [0.15, 0.2) is 36.7 Å². The summed E-state index contributed by atoms with van der Waals surface area (Å²) >= 11 is 1.79. The van der Waals surface area contributed by atoms with Gasteiger partial charge in [-0.2, -0.15) is 0 Å². The number of carbonyl (C=O) groups excluding carboxylic acids is 1. The average molecular weight is 483 g/mol. The molecule has 1 aromatic carbocycles. The van der Waals surface area contributed by atoms with Gasteiger partial charge in [0.2, 0.25) is 0 Å². The van der Waals surface area contributed by atoms with Crippen LogP contribution in [0.1, 0.15) is 109 Å². The Kier molecular flexibility index (Phi) is 11.7. The van der Waals surface area contributed by atoms with E-state index in [0.717, 1.165) is 35.5 Å². The van der Waals surface area contributed by atoms with Gasteiger partial charge in [0.15, 0.2) is 4.96 Å². The zero-order chi connectivity index (χ0) is 24.0. The second kappa shape index (κ2) is 15.0. The van der Waals surface area contributed by atoms with E-state index in [9.17, 15) is 4.79 Å². The molecule has 0 amide bonds. The molecule has 3 rings (SSSR count). The molecule has 0 saturated heterocycles. The Bertz CT molecular complexity index is 942. The summed E-state index contributed by atoms with van der Waals surface area (Å²) in [5.41, 5.74) is 2.00. The summed E-state index contributed by atoms with van der Waals surface area (Å²) in [6.45, 7) is 4.48. The number of fused-ring (bicyclic) bond motifs is 1. The highest BCUT2D eigenvalue weighted by molar-refractivity contribution is 7.17. The molecule has 186 valence electrons. The third-order valence-corrected chi connectivity index (χ3v) is 7.40. The van der Waals surface area contributed by atoms with Crippen LogP contribution in [0.5, 0.6) is 5.75 Å². The Morgan fingerprint density at radius 2 is 1.44 bits per heavy atom. The summed E-state index contributed by atoms with van der Waals surface area (Å²) in [5, 5.41) is 0. The van der Waals surface area contributed by atoms with E-state index in [0.29, 0.717) is 12.2 Å². The predicted octanol–water partition coefficient (Wildman–Crippen LogP) is 9.01. The average Bonchev–Trinajstić information content (AvgIpc) is 3.40. The monoisotopic (exact) mass is 482 g/mol. The molecule has 2 aromatic heterocycles. The SMILES string of the molecule is CCCCCCCCCc1cn2cc(-c3ccc(OC(=O)CCCCCCCC)cc3)nc2s1. The van der Waals surface area contributed by atoms with Crippen LogP contribution in [0, 0.1) is 0 Å². The maximum absolute atomic E-state index is 12.1. The molecule has 0 aliphatic heterocycles. The first kappa shape index (κ1) is 26.5. The first-order valence-corrected chi connectivity index (χ1v) is 14.3. The van der Waals surface area contributed by atoms with E-state index in [1.165, 1.54) is 75.5 Å². The second-order valence-corrected chi connectivity index (χ2v) is 10.5. The van der Waals surface area contributed by atoms with Gasteiger partial charge < -0.3 is 4.74 Å². The number of benzene rings is 1. The molecule has 4 nitrogen and oxygen atoms in total. The number of hydrogen-bond donors (Lipinski definition) is 0. The summed E-state index contributed by atoms with van der Waals surface area (Å²) in [4.78, 5) is 19.4. The quantitative estimate of drug-likeness (QED) is 0.109. The molecular weight excluding hydrogens is 440 g/mol. The minimum atomic E-state index is -0.140. The number of ether oxygens (including phenoxy) is 1. The van der Waals surface area contributed by atoms with Crippen LogP contribution in [0.3, 0.4) is 0 Å². The van der Waals surface area contributed by atoms with Gasteiger partial charge in [-0.15, -0.1) is 11.3 Å². The van der Waals surface area contributed by atoms with Crippen molar-refractivity contribution in [1.82, 2.24) is 9.38 Å². The minimum Gasteiger partial charge on any atom is -0.427 e. The van der Waals surface area contributed by atoms with Crippen LogP contribution in [0.2, 0.25) is 0 Å². The van der Waals surface area contributed by atoms with E-state index in [1.54, 1.807) is 11.3 Å². The lowest BCUT2D eigenvalue weighted by atomic mass is 10.1. The molecule has 0 atom stereocenters. The molecule has 34 heavy (non-hydrogen) atoms. The van der Waals surface area contributed by atoms with Gasteiger partial charge in [-0.1, -0.05) is 84.5 Å². The number of aromatic nitrogens is 2. The van der Waals surface area contributed by atoms with Crippen molar-refractivity contribution in [2.24, 2.45) is 0 Å². The normalized spacial score (nSPS) is 11.4. The Morgan fingerprint density at radius 3 is 2.09 bits per heavy atom. The molecule has 0 N–H and O–H groups in total. The summed E-state index contributed by atoms with van der Waals surface area (Å²) in [6.07, 6.45) is 22.4. The highest BCUT2D eigenvalue weighted by Gasteiger charge is 2.10. The molecule has 2 heterocycles. The summed E-state index contributed by atoms with van der Waals surface area (Å²) in [6, 6.07) is 7.71. The van der Waals surface area contributed by atoms with Crippen LogP contribution >= 0.6 is 11.3 Å². The number of thiazole rings is 1. The Hall–Kier alpha value is -2.14. The molecule has 0 fully saturated rings. The summed E-state index contributed by atoms with van der Waals surface area (Å²) in [5.74, 6) is 0.469. The fraction of sp³-hybridized carbons (Fsp3) is 0.586. The maximum atomic E-state index is 12.1. The van der Waals surface area contributed by atoms with Gasteiger partial charge in [-0.05, 0) is 43.5 Å². The number of hydrogen-bond acceptors (Lipinski definition) is 4. The Morgan fingerprint density at radius 1 is 0.824 bits per heavy atom. The van der Waals surface area contributed by atoms with Gasteiger partial charge in [0.1, 0.15) is 5.75 Å². The van der Waals surface area contributed by atoms with E-state index in [-0.39, 0.29) is 5.97 Å². The standard InChI is InChI=1S/C29H42N2O2S/c1-3-5-7-9-11-12-14-16-26-22-31-23-27(30-29(31)34-26)24-18-20-25(21-19-24)33-28(32)17-15-13-10-8-6-4-2/h18-23H,3-17H2,1-2H3. The molecule has 0 aliphatic carbocycles. The number of aryl methyl sites for hydroxylation is 1. The van der Waals surface area contributed by atoms with Gasteiger partial charge in [0.05, 0.1) is 5.69 Å². The van der Waals surface area contributed by atoms with Gasteiger partial charge in [-0.25, -0.2) is 4.98 Å². The molecular formula is C29H42N2O2S. The van der Waals surface area contributed by atoms with Crippen LogP contribution < -0.4 is 4.74 Å². The van der Waals surface area contributed by atoms with Crippen molar-refractivity contribution in [3.63, 3.8) is 0 Å². The summed E-state index contributed by atoms with van der Waals surface area (Å²) in [7, 11) is 0. The fourth-order valence-electron chi connectivity index (χ4n) is 4.28. The largest absolute Gasteiger partial charge is 0.427 e. The number of rotatable bonds is 17. The molecule has 0 unspecified atom stereocenters. The number of unbranched alkanes of at least 4 members (excludes halogenated alkanes) is 11. The second-order valence-electron chi connectivity index (χ2n) is 9.40. The van der Waals surface area contributed by atoms with Crippen molar-refractivity contribution >= 4 is 22.3 Å². The zero-order valence-corrected chi connectivity index (χ0v) is 22.0. The molecule has 5 heteroatoms. The third kappa shape index (κ3) is 8.90. The zero-order valence-electron chi connectivity index (χ0n) is 21.2. The maximum Gasteiger partial charge on any atom is 0.311 e. The smallest absolute Gasteiger partial charge is 0.311 e. The van der Waals surface area contributed by atoms with E-state index in [1.807, 2.05) is 24.3 Å². The van der Waals surface area contributed by atoms with Crippen molar-refractivity contribution in [3.8, 4) is 17.0 Å². The van der Waals surface area contributed by atoms with E-state index in [4.69, 9.17) is 9.72 Å². The van der Waals surface area contributed by atoms with Crippen molar-refractivity contribution in [3.05, 3.63) is 41.5 Å².